The number of amides is 2. The number of benzene rings is 1. The minimum atomic E-state index is -5.06. The number of fused-ring (bicyclic) bond motifs is 1. The molecule has 0 bridgehead atoms. The Bertz CT molecular complexity index is 922. The highest BCUT2D eigenvalue weighted by Crippen LogP contribution is 2.38. The Balaban J connectivity index is 1.48. The van der Waals surface area contributed by atoms with Crippen molar-refractivity contribution in [2.75, 3.05) is 57.4 Å². The van der Waals surface area contributed by atoms with Crippen LogP contribution in [0.2, 0.25) is 10.0 Å². The molecule has 0 radical (unpaired) electrons. The molecule has 0 atom stereocenters. The number of halogens is 5. The zero-order valence-electron chi connectivity index (χ0n) is 18.3. The fourth-order valence-corrected chi connectivity index (χ4v) is 4.78. The minimum absolute atomic E-state index is 0.0701. The highest BCUT2D eigenvalue weighted by Gasteiger charge is 2.44. The number of hydrogen-bond acceptors (Lipinski definition) is 6. The van der Waals surface area contributed by atoms with Gasteiger partial charge in [-0.05, 0) is 30.5 Å². The van der Waals surface area contributed by atoms with Crippen LogP contribution >= 0.6 is 23.2 Å². The van der Waals surface area contributed by atoms with E-state index in [1.54, 1.807) is 21.9 Å². The molecule has 0 spiro atoms. The van der Waals surface area contributed by atoms with E-state index in [1.807, 2.05) is 0 Å². The third kappa shape index (κ3) is 5.71. The summed E-state index contributed by atoms with van der Waals surface area (Å²) in [4.78, 5) is 34.8. The lowest BCUT2D eigenvalue weighted by molar-refractivity contribution is -0.241. The standard InChI is InChI=1S/C21H25Cl2F3N4O4/c22-16-11-14-13-28(6-5-27-7-9-33-10-8-27)20(32)30(18(14)12-17(16)23)15-1-3-29(4-2-15)34-19(31)21(24,25)26/h11-12,15H,1-10,13H2. The molecule has 2 fully saturated rings. The van der Waals surface area contributed by atoms with Crippen molar-refractivity contribution in [1.82, 2.24) is 14.9 Å². The number of hydrogen-bond donors (Lipinski definition) is 0. The maximum Gasteiger partial charge on any atom is 0.492 e. The van der Waals surface area contributed by atoms with Gasteiger partial charge >= 0.3 is 18.2 Å². The SMILES string of the molecule is O=C1N(CCN2CCOCC2)Cc2cc(Cl)c(Cl)cc2N1C1CCN(OC(=O)C(F)(F)F)CC1. The van der Waals surface area contributed by atoms with E-state index in [0.29, 0.717) is 61.4 Å². The third-order valence-electron chi connectivity index (χ3n) is 6.24. The predicted octanol–water partition coefficient (Wildman–Crippen LogP) is 3.55. The second kappa shape index (κ2) is 10.4. The Hall–Kier alpha value is -1.79. The summed E-state index contributed by atoms with van der Waals surface area (Å²) in [6.45, 7) is 4.67. The number of rotatable bonds is 5. The minimum Gasteiger partial charge on any atom is -0.379 e. The third-order valence-corrected chi connectivity index (χ3v) is 6.96. The molecule has 2 amide bonds. The zero-order valence-corrected chi connectivity index (χ0v) is 19.8. The van der Waals surface area contributed by atoms with Gasteiger partial charge in [-0.25, -0.2) is 9.59 Å². The summed E-state index contributed by atoms with van der Waals surface area (Å²) in [5.74, 6) is -2.25. The smallest absolute Gasteiger partial charge is 0.379 e. The molecule has 4 rings (SSSR count). The lowest BCUT2D eigenvalue weighted by atomic mass is 10.0. The molecule has 13 heteroatoms. The normalized spacial score (nSPS) is 21.0. The van der Waals surface area contributed by atoms with Crippen molar-refractivity contribution in [3.05, 3.63) is 27.7 Å². The van der Waals surface area contributed by atoms with Crippen molar-refractivity contribution in [3.8, 4) is 0 Å². The van der Waals surface area contributed by atoms with Gasteiger partial charge in [0.2, 0.25) is 0 Å². The van der Waals surface area contributed by atoms with Gasteiger partial charge in [0.05, 0.1) is 28.9 Å². The van der Waals surface area contributed by atoms with Gasteiger partial charge in [-0.1, -0.05) is 23.2 Å². The summed E-state index contributed by atoms with van der Waals surface area (Å²) >= 11 is 12.5. The number of carbonyl (C=O) groups is 2. The number of morpholine rings is 1. The average Bonchev–Trinajstić information content (AvgIpc) is 2.80. The molecule has 3 aliphatic rings. The number of carbonyl (C=O) groups excluding carboxylic acids is 2. The van der Waals surface area contributed by atoms with E-state index >= 15 is 0 Å². The average molecular weight is 525 g/mol. The number of anilines is 1. The van der Waals surface area contributed by atoms with Gasteiger partial charge < -0.3 is 14.5 Å². The van der Waals surface area contributed by atoms with Crippen LogP contribution in [0.1, 0.15) is 18.4 Å². The largest absolute Gasteiger partial charge is 0.492 e. The number of piperidine rings is 1. The molecule has 0 saturated carbocycles. The highest BCUT2D eigenvalue weighted by atomic mass is 35.5. The molecule has 1 aromatic rings. The molecular weight excluding hydrogens is 500 g/mol. The molecule has 0 N–H and O–H groups in total. The first-order chi connectivity index (χ1) is 16.1. The molecule has 1 aromatic carbocycles. The molecule has 34 heavy (non-hydrogen) atoms. The number of urea groups is 1. The first-order valence-electron chi connectivity index (χ1n) is 11.0. The summed E-state index contributed by atoms with van der Waals surface area (Å²) in [5, 5.41) is 1.69. The first kappa shape index (κ1) is 25.3. The van der Waals surface area contributed by atoms with E-state index in [0.717, 1.165) is 23.7 Å². The molecule has 3 heterocycles. The van der Waals surface area contributed by atoms with Crippen LogP contribution in [0.25, 0.3) is 0 Å². The van der Waals surface area contributed by atoms with Crippen LogP contribution in [0.5, 0.6) is 0 Å². The number of hydroxylamine groups is 2. The van der Waals surface area contributed by atoms with Crippen LogP contribution in [0, 0.1) is 0 Å². The lowest BCUT2D eigenvalue weighted by Crippen LogP contribution is -2.56. The maximum absolute atomic E-state index is 13.5. The van der Waals surface area contributed by atoms with Crippen molar-refractivity contribution < 1.29 is 32.3 Å². The number of nitrogens with zero attached hydrogens (tertiary/aromatic N) is 4. The van der Waals surface area contributed by atoms with E-state index < -0.39 is 12.1 Å². The van der Waals surface area contributed by atoms with Gasteiger partial charge in [-0.3, -0.25) is 9.80 Å². The molecule has 188 valence electrons. The van der Waals surface area contributed by atoms with Crippen LogP contribution in [-0.4, -0.2) is 91.6 Å². The van der Waals surface area contributed by atoms with Crippen LogP contribution in [0.4, 0.5) is 23.7 Å². The van der Waals surface area contributed by atoms with E-state index in [4.69, 9.17) is 27.9 Å². The Kier molecular flexibility index (Phi) is 7.78. The molecular formula is C21H25Cl2F3N4O4. The Morgan fingerprint density at radius 2 is 1.71 bits per heavy atom. The monoisotopic (exact) mass is 524 g/mol. The zero-order chi connectivity index (χ0) is 24.5. The molecule has 8 nitrogen and oxygen atoms in total. The van der Waals surface area contributed by atoms with Gasteiger partial charge in [0, 0.05) is 51.9 Å². The van der Waals surface area contributed by atoms with Gasteiger partial charge in [-0.2, -0.15) is 13.2 Å². The van der Waals surface area contributed by atoms with E-state index in [1.165, 1.54) is 0 Å². The second-order valence-electron chi connectivity index (χ2n) is 8.46. The highest BCUT2D eigenvalue weighted by molar-refractivity contribution is 6.42. The molecule has 2 saturated heterocycles. The van der Waals surface area contributed by atoms with Crippen molar-refractivity contribution in [2.45, 2.75) is 31.6 Å². The van der Waals surface area contributed by atoms with Crippen molar-refractivity contribution in [3.63, 3.8) is 0 Å². The predicted molar refractivity (Wildman–Crippen MR) is 119 cm³/mol. The van der Waals surface area contributed by atoms with Gasteiger partial charge in [0.15, 0.2) is 0 Å². The number of alkyl halides is 3. The molecule has 0 unspecified atom stereocenters. The first-order valence-corrected chi connectivity index (χ1v) is 11.8. The summed E-state index contributed by atoms with van der Waals surface area (Å²) in [5.41, 5.74) is 1.50. The van der Waals surface area contributed by atoms with E-state index in [-0.39, 0.29) is 25.2 Å². The van der Waals surface area contributed by atoms with Crippen LogP contribution in [0.3, 0.4) is 0 Å². The summed E-state index contributed by atoms with van der Waals surface area (Å²) in [7, 11) is 0. The van der Waals surface area contributed by atoms with Crippen molar-refractivity contribution >= 4 is 40.9 Å². The van der Waals surface area contributed by atoms with E-state index in [9.17, 15) is 22.8 Å². The Morgan fingerprint density at radius 1 is 1.06 bits per heavy atom. The van der Waals surface area contributed by atoms with Gasteiger partial charge in [0.1, 0.15) is 0 Å². The number of ether oxygens (including phenoxy) is 1. The lowest BCUT2D eigenvalue weighted by Gasteiger charge is -2.44. The van der Waals surface area contributed by atoms with Gasteiger partial charge in [-0.15, -0.1) is 5.06 Å². The fraction of sp³-hybridized carbons (Fsp3) is 0.619. The van der Waals surface area contributed by atoms with Crippen molar-refractivity contribution in [1.29, 1.82) is 0 Å². The van der Waals surface area contributed by atoms with E-state index in [2.05, 4.69) is 9.74 Å². The quantitative estimate of drug-likeness (QED) is 0.586. The second-order valence-corrected chi connectivity index (χ2v) is 9.27. The van der Waals surface area contributed by atoms with Crippen molar-refractivity contribution in [2.24, 2.45) is 0 Å². The Labute approximate surface area is 205 Å². The topological polar surface area (TPSA) is 65.6 Å². The van der Waals surface area contributed by atoms with Gasteiger partial charge in [0.25, 0.3) is 0 Å². The molecule has 0 aromatic heterocycles. The molecule has 0 aliphatic carbocycles. The van der Waals surface area contributed by atoms with Crippen LogP contribution < -0.4 is 4.90 Å². The maximum atomic E-state index is 13.5. The molecule has 3 aliphatic heterocycles. The summed E-state index contributed by atoms with van der Waals surface area (Å²) < 4.78 is 42.9. The van der Waals surface area contributed by atoms with Crippen LogP contribution in [-0.2, 0) is 20.9 Å². The summed E-state index contributed by atoms with van der Waals surface area (Å²) in [6, 6.07) is 2.92. The van der Waals surface area contributed by atoms with Crippen LogP contribution in [0.15, 0.2) is 12.1 Å². The fourth-order valence-electron chi connectivity index (χ4n) is 4.43. The Morgan fingerprint density at radius 3 is 2.35 bits per heavy atom. The summed E-state index contributed by atoms with van der Waals surface area (Å²) in [6.07, 6.45) is -4.41.